The van der Waals surface area contributed by atoms with E-state index in [4.69, 9.17) is 18.9 Å². The highest BCUT2D eigenvalue weighted by atomic mass is 16.7. The van der Waals surface area contributed by atoms with Crippen LogP contribution in [-0.4, -0.2) is 87.4 Å². The Balaban J connectivity index is 4.07. The lowest BCUT2D eigenvalue weighted by molar-refractivity contribution is -0.870. The fourth-order valence-electron chi connectivity index (χ4n) is 6.16. The average Bonchev–Trinajstić information content (AvgIpc) is 3.19. The van der Waals surface area contributed by atoms with Crippen molar-refractivity contribution in [1.29, 1.82) is 0 Å². The zero-order chi connectivity index (χ0) is 43.5. The summed E-state index contributed by atoms with van der Waals surface area (Å²) < 4.78 is 22.6. The molecule has 2 atom stereocenters. The lowest BCUT2D eigenvalue weighted by Crippen LogP contribution is -2.40. The van der Waals surface area contributed by atoms with Crippen LogP contribution in [0.5, 0.6) is 0 Å². The van der Waals surface area contributed by atoms with Gasteiger partial charge in [0.25, 0.3) is 6.29 Å². The quantitative estimate of drug-likeness (QED) is 0.0213. The minimum atomic E-state index is -1.51. The topological polar surface area (TPSA) is 108 Å². The molecule has 0 saturated carbocycles. The predicted molar refractivity (Wildman–Crippen MR) is 244 cm³/mol. The molecule has 0 fully saturated rings. The molecule has 0 aliphatic rings. The molecule has 2 unspecified atom stereocenters. The number of hydrogen-bond acceptors (Lipinski definition) is 7. The zero-order valence-corrected chi connectivity index (χ0v) is 38.4. The first-order chi connectivity index (χ1) is 28.6. The van der Waals surface area contributed by atoms with Crippen LogP contribution in [0.15, 0.2) is 60.8 Å². The minimum absolute atomic E-state index is 0.184. The standard InChI is InChI=1S/C50H87NO8/c1-6-8-10-12-13-14-15-16-17-18-19-20-21-22-23-24-25-26-27-28-29-30-31-32-33-34-35-37-39-41-48(53)59-46(44-57-47(52)40-38-36-11-9-7-2)45-58-50(49(54)55)56-43-42-51(3,4)5/h8,10,13-14,16-17,19-20,22-23,46,50H,6-7,9,11-12,15,18,21,24-45H2,1-5H3/p+1/b10-8-,14-13-,17-16-,20-19-,23-22-. The number of carbonyl (C=O) groups is 3. The molecule has 0 aliphatic heterocycles. The second-order valence-electron chi connectivity index (χ2n) is 16.7. The third-order valence-corrected chi connectivity index (χ3v) is 9.79. The van der Waals surface area contributed by atoms with Gasteiger partial charge in [-0.1, -0.05) is 171 Å². The van der Waals surface area contributed by atoms with Crippen molar-refractivity contribution < 1.29 is 42.9 Å². The SMILES string of the molecule is CC/C=C\C/C=C\C/C=C\C/C=C\C/C=C\CCCCCCCCCCCCCCCC(=O)OC(COC(=O)CCCCCCC)COC(OCC[N+](C)(C)C)C(=O)O. The van der Waals surface area contributed by atoms with Crippen LogP contribution in [0.1, 0.15) is 181 Å². The van der Waals surface area contributed by atoms with Crippen LogP contribution in [0.3, 0.4) is 0 Å². The van der Waals surface area contributed by atoms with Crippen molar-refractivity contribution in [1.82, 2.24) is 0 Å². The lowest BCUT2D eigenvalue weighted by atomic mass is 10.0. The molecule has 340 valence electrons. The second-order valence-corrected chi connectivity index (χ2v) is 16.7. The van der Waals surface area contributed by atoms with Crippen molar-refractivity contribution >= 4 is 17.9 Å². The van der Waals surface area contributed by atoms with Crippen molar-refractivity contribution in [3.05, 3.63) is 60.8 Å². The summed E-state index contributed by atoms with van der Waals surface area (Å²) in [6.07, 6.45) is 47.7. The Morgan fingerprint density at radius 2 is 0.966 bits per heavy atom. The molecular formula is C50H88NO8+. The van der Waals surface area contributed by atoms with Crippen LogP contribution in [0.25, 0.3) is 0 Å². The number of quaternary nitrogens is 1. The number of aliphatic carboxylic acids is 1. The van der Waals surface area contributed by atoms with Gasteiger partial charge in [0.1, 0.15) is 13.2 Å². The highest BCUT2D eigenvalue weighted by Gasteiger charge is 2.25. The highest BCUT2D eigenvalue weighted by molar-refractivity contribution is 5.71. The average molecular weight is 831 g/mol. The number of unbranched alkanes of at least 4 members (excludes halogenated alkanes) is 17. The van der Waals surface area contributed by atoms with Crippen molar-refractivity contribution in [2.24, 2.45) is 0 Å². The van der Waals surface area contributed by atoms with Crippen molar-refractivity contribution in [3.8, 4) is 0 Å². The molecule has 0 aliphatic carbocycles. The van der Waals surface area contributed by atoms with Crippen LogP contribution >= 0.6 is 0 Å². The second kappa shape index (κ2) is 41.7. The third-order valence-electron chi connectivity index (χ3n) is 9.79. The predicted octanol–water partition coefficient (Wildman–Crippen LogP) is 12.6. The van der Waals surface area contributed by atoms with Gasteiger partial charge in [0.2, 0.25) is 0 Å². The first kappa shape index (κ1) is 56.0. The van der Waals surface area contributed by atoms with Crippen LogP contribution in [0.4, 0.5) is 0 Å². The molecule has 0 aromatic heterocycles. The normalized spacial score (nSPS) is 13.4. The number of allylic oxidation sites excluding steroid dienone is 10. The maximum absolute atomic E-state index is 12.7. The van der Waals surface area contributed by atoms with E-state index in [1.807, 2.05) is 21.1 Å². The largest absolute Gasteiger partial charge is 0.477 e. The number of likely N-dealkylation sites (N-methyl/N-ethyl adjacent to an activating group) is 1. The Labute approximate surface area is 361 Å². The summed E-state index contributed by atoms with van der Waals surface area (Å²) in [6.45, 7) is 4.65. The molecule has 1 N–H and O–H groups in total. The number of esters is 2. The van der Waals surface area contributed by atoms with Crippen molar-refractivity contribution in [2.45, 2.75) is 193 Å². The lowest BCUT2D eigenvalue weighted by Gasteiger charge is -2.25. The van der Waals surface area contributed by atoms with Crippen molar-refractivity contribution in [2.75, 3.05) is 47.5 Å². The van der Waals surface area contributed by atoms with Gasteiger partial charge in [-0.25, -0.2) is 4.79 Å². The zero-order valence-electron chi connectivity index (χ0n) is 38.4. The first-order valence-electron chi connectivity index (χ1n) is 23.5. The van der Waals surface area contributed by atoms with Gasteiger partial charge in [0.15, 0.2) is 6.10 Å². The summed E-state index contributed by atoms with van der Waals surface area (Å²) in [6, 6.07) is 0. The van der Waals surface area contributed by atoms with Gasteiger partial charge in [0.05, 0.1) is 34.4 Å². The number of carboxylic acid groups (broad SMARTS) is 1. The summed E-state index contributed by atoms with van der Waals surface area (Å²) in [7, 11) is 5.94. The molecule has 0 amide bonds. The van der Waals surface area contributed by atoms with E-state index in [9.17, 15) is 19.5 Å². The van der Waals surface area contributed by atoms with Gasteiger partial charge in [-0.05, 0) is 57.8 Å². The van der Waals surface area contributed by atoms with Gasteiger partial charge in [-0.2, -0.15) is 0 Å². The van der Waals surface area contributed by atoms with E-state index in [-0.39, 0.29) is 32.2 Å². The maximum atomic E-state index is 12.7. The Morgan fingerprint density at radius 3 is 1.44 bits per heavy atom. The molecule has 0 heterocycles. The summed E-state index contributed by atoms with van der Waals surface area (Å²) in [5.74, 6) is -2.03. The number of rotatable bonds is 42. The molecule has 0 saturated heterocycles. The molecule has 0 rings (SSSR count). The van der Waals surface area contributed by atoms with E-state index in [2.05, 4.69) is 74.6 Å². The van der Waals surface area contributed by atoms with Gasteiger partial charge in [-0.3, -0.25) is 9.59 Å². The van der Waals surface area contributed by atoms with Gasteiger partial charge < -0.3 is 28.5 Å². The molecule has 59 heavy (non-hydrogen) atoms. The monoisotopic (exact) mass is 831 g/mol. The summed E-state index contributed by atoms with van der Waals surface area (Å²) in [4.78, 5) is 36.8. The molecular weight excluding hydrogens is 743 g/mol. The highest BCUT2D eigenvalue weighted by Crippen LogP contribution is 2.15. The fraction of sp³-hybridized carbons (Fsp3) is 0.740. The Morgan fingerprint density at radius 1 is 0.525 bits per heavy atom. The number of nitrogens with zero attached hydrogens (tertiary/aromatic N) is 1. The number of carboxylic acids is 1. The molecule has 9 nitrogen and oxygen atoms in total. The summed E-state index contributed by atoms with van der Waals surface area (Å²) in [5, 5.41) is 9.59. The van der Waals surface area contributed by atoms with Crippen LogP contribution in [0.2, 0.25) is 0 Å². The fourth-order valence-corrected chi connectivity index (χ4v) is 6.16. The Hall–Kier alpha value is -3.01. The smallest absolute Gasteiger partial charge is 0.361 e. The number of hydrogen-bond donors (Lipinski definition) is 1. The molecule has 0 radical (unpaired) electrons. The Kier molecular flexibility index (Phi) is 39.6. The number of ether oxygens (including phenoxy) is 4. The van der Waals surface area contributed by atoms with Gasteiger partial charge in [0, 0.05) is 12.8 Å². The molecule has 0 aromatic carbocycles. The van der Waals surface area contributed by atoms with E-state index >= 15 is 0 Å². The minimum Gasteiger partial charge on any atom is -0.477 e. The molecule has 0 bridgehead atoms. The van der Waals surface area contributed by atoms with Crippen LogP contribution < -0.4 is 0 Å². The Bertz CT molecular complexity index is 1150. The third kappa shape index (κ3) is 42.9. The first-order valence-corrected chi connectivity index (χ1v) is 23.5. The molecule has 0 aromatic rings. The summed E-state index contributed by atoms with van der Waals surface area (Å²) >= 11 is 0. The molecule has 9 heteroatoms. The van der Waals surface area contributed by atoms with Crippen LogP contribution in [0, 0.1) is 0 Å². The van der Waals surface area contributed by atoms with E-state index in [1.165, 1.54) is 70.6 Å². The van der Waals surface area contributed by atoms with Gasteiger partial charge >= 0.3 is 17.9 Å². The van der Waals surface area contributed by atoms with E-state index < -0.39 is 24.3 Å². The number of carbonyl (C=O) groups excluding carboxylic acids is 2. The van der Waals surface area contributed by atoms with Crippen molar-refractivity contribution in [3.63, 3.8) is 0 Å². The summed E-state index contributed by atoms with van der Waals surface area (Å²) in [5.41, 5.74) is 0. The van der Waals surface area contributed by atoms with E-state index in [0.29, 0.717) is 17.4 Å². The van der Waals surface area contributed by atoms with Gasteiger partial charge in [-0.15, -0.1) is 0 Å². The van der Waals surface area contributed by atoms with Crippen LogP contribution in [-0.2, 0) is 33.3 Å². The van der Waals surface area contributed by atoms with E-state index in [1.54, 1.807) is 0 Å². The van der Waals surface area contributed by atoms with E-state index in [0.717, 1.165) is 83.5 Å². The molecule has 0 spiro atoms. The maximum Gasteiger partial charge on any atom is 0.361 e.